The summed E-state index contributed by atoms with van der Waals surface area (Å²) in [5.41, 5.74) is 0. The molecule has 0 spiro atoms. The van der Waals surface area contributed by atoms with Crippen LogP contribution in [-0.4, -0.2) is 61.7 Å². The lowest BCUT2D eigenvalue weighted by Gasteiger charge is -2.36. The Morgan fingerprint density at radius 2 is 2.00 bits per heavy atom. The molecular weight excluding hydrogens is 349 g/mol. The lowest BCUT2D eigenvalue weighted by Crippen LogP contribution is -2.52. The van der Waals surface area contributed by atoms with Gasteiger partial charge >= 0.3 is 6.18 Å². The largest absolute Gasteiger partial charge is 0.390 e. The van der Waals surface area contributed by atoms with Crippen molar-refractivity contribution in [1.29, 1.82) is 0 Å². The van der Waals surface area contributed by atoms with E-state index in [0.29, 0.717) is 5.96 Å². The molecule has 1 aromatic rings. The van der Waals surface area contributed by atoms with Crippen LogP contribution < -0.4 is 5.32 Å². The summed E-state index contributed by atoms with van der Waals surface area (Å²) in [6.07, 6.45) is -5.00. The molecule has 0 aliphatic carbocycles. The molecule has 0 bridgehead atoms. The molecule has 2 rings (SSSR count). The number of piperazine rings is 1. The summed E-state index contributed by atoms with van der Waals surface area (Å²) in [6, 6.07) is 3.92. The summed E-state index contributed by atoms with van der Waals surface area (Å²) < 4.78 is 37.4. The lowest BCUT2D eigenvalue weighted by atomic mass is 10.3. The van der Waals surface area contributed by atoms with Crippen molar-refractivity contribution in [2.24, 2.45) is 4.99 Å². The van der Waals surface area contributed by atoms with Gasteiger partial charge in [0.05, 0.1) is 10.8 Å². The third kappa shape index (κ3) is 6.19. The number of hydrogen-bond acceptors (Lipinski definition) is 3. The van der Waals surface area contributed by atoms with E-state index < -0.39 is 12.6 Å². The predicted octanol–water partition coefficient (Wildman–Crippen LogP) is 3.05. The van der Waals surface area contributed by atoms with E-state index in [0.717, 1.165) is 37.1 Å². The molecule has 23 heavy (non-hydrogen) atoms. The van der Waals surface area contributed by atoms with E-state index in [9.17, 15) is 13.2 Å². The molecule has 0 radical (unpaired) electrons. The second-order valence-electron chi connectivity index (χ2n) is 5.31. The number of rotatable bonds is 4. The highest BCUT2D eigenvalue weighted by atomic mass is 35.5. The Hall–Kier alpha value is -0.990. The van der Waals surface area contributed by atoms with E-state index in [-0.39, 0.29) is 6.54 Å². The Bertz CT molecular complexity index is 524. The maximum Gasteiger partial charge on any atom is 0.390 e. The van der Waals surface area contributed by atoms with Crippen LogP contribution in [0.25, 0.3) is 0 Å². The van der Waals surface area contributed by atoms with Crippen LogP contribution in [0.1, 0.15) is 11.3 Å². The van der Waals surface area contributed by atoms with E-state index in [1.165, 1.54) is 4.88 Å². The van der Waals surface area contributed by atoms with E-state index in [2.05, 4.69) is 15.2 Å². The molecule has 0 unspecified atom stereocenters. The van der Waals surface area contributed by atoms with Crippen molar-refractivity contribution in [3.8, 4) is 0 Å². The van der Waals surface area contributed by atoms with Gasteiger partial charge in [-0.3, -0.25) is 9.89 Å². The van der Waals surface area contributed by atoms with Gasteiger partial charge in [-0.15, -0.1) is 11.3 Å². The molecule has 0 aromatic carbocycles. The van der Waals surface area contributed by atoms with Gasteiger partial charge in [0.2, 0.25) is 0 Å². The monoisotopic (exact) mass is 368 g/mol. The lowest BCUT2D eigenvalue weighted by molar-refractivity contribution is -0.132. The molecule has 1 aliphatic heterocycles. The maximum absolute atomic E-state index is 12.2. The first-order valence-corrected chi connectivity index (χ1v) is 8.56. The molecule has 0 amide bonds. The summed E-state index contributed by atoms with van der Waals surface area (Å²) in [7, 11) is 1.59. The number of nitrogens with zero attached hydrogens (tertiary/aromatic N) is 3. The third-order valence-electron chi connectivity index (χ3n) is 3.58. The molecule has 1 aromatic heterocycles. The highest BCUT2D eigenvalue weighted by molar-refractivity contribution is 7.16. The Balaban J connectivity index is 1.76. The van der Waals surface area contributed by atoms with E-state index in [1.807, 2.05) is 17.0 Å². The van der Waals surface area contributed by atoms with Gasteiger partial charge in [-0.2, -0.15) is 13.2 Å². The van der Waals surface area contributed by atoms with Gasteiger partial charge in [0.1, 0.15) is 0 Å². The molecule has 130 valence electrons. The quantitative estimate of drug-likeness (QED) is 0.654. The van der Waals surface area contributed by atoms with Crippen LogP contribution in [0.5, 0.6) is 0 Å². The first-order valence-electron chi connectivity index (χ1n) is 7.36. The fourth-order valence-electron chi connectivity index (χ4n) is 2.42. The molecule has 0 saturated carbocycles. The third-order valence-corrected chi connectivity index (χ3v) is 4.80. The number of guanidine groups is 1. The molecule has 2 heterocycles. The molecule has 1 saturated heterocycles. The van der Waals surface area contributed by atoms with Crippen molar-refractivity contribution >= 4 is 28.9 Å². The normalized spacial score (nSPS) is 17.6. The van der Waals surface area contributed by atoms with Crippen molar-refractivity contribution in [3.05, 3.63) is 21.3 Å². The number of alkyl halides is 3. The van der Waals surface area contributed by atoms with Crippen molar-refractivity contribution in [2.75, 3.05) is 39.8 Å². The van der Waals surface area contributed by atoms with Crippen molar-refractivity contribution < 1.29 is 13.2 Å². The van der Waals surface area contributed by atoms with Crippen molar-refractivity contribution in [1.82, 2.24) is 15.1 Å². The summed E-state index contributed by atoms with van der Waals surface area (Å²) >= 11 is 7.50. The second kappa shape index (κ2) is 8.21. The Morgan fingerprint density at radius 3 is 2.52 bits per heavy atom. The fourth-order valence-corrected chi connectivity index (χ4v) is 3.55. The molecule has 4 nitrogen and oxygen atoms in total. The Kier molecular flexibility index (Phi) is 6.55. The first kappa shape index (κ1) is 18.4. The second-order valence-corrected chi connectivity index (χ2v) is 7.11. The van der Waals surface area contributed by atoms with E-state index in [4.69, 9.17) is 11.6 Å². The van der Waals surface area contributed by atoms with Gasteiger partial charge in [0.15, 0.2) is 5.96 Å². The van der Waals surface area contributed by atoms with Crippen LogP contribution in [-0.2, 0) is 6.54 Å². The highest BCUT2D eigenvalue weighted by Gasteiger charge is 2.27. The summed E-state index contributed by atoms with van der Waals surface area (Å²) in [6.45, 7) is 3.87. The predicted molar refractivity (Wildman–Crippen MR) is 88.2 cm³/mol. The van der Waals surface area contributed by atoms with Crippen LogP contribution in [0.15, 0.2) is 17.1 Å². The Labute approximate surface area is 142 Å². The number of halogens is 4. The zero-order valence-electron chi connectivity index (χ0n) is 12.9. The molecule has 1 N–H and O–H groups in total. The smallest absolute Gasteiger partial charge is 0.356 e. The van der Waals surface area contributed by atoms with Crippen molar-refractivity contribution in [2.45, 2.75) is 19.1 Å². The first-order chi connectivity index (χ1) is 10.9. The van der Waals surface area contributed by atoms with Crippen LogP contribution in [0.3, 0.4) is 0 Å². The number of thiophene rings is 1. The van der Waals surface area contributed by atoms with Crippen LogP contribution in [0.4, 0.5) is 13.2 Å². The van der Waals surface area contributed by atoms with Gasteiger partial charge < -0.3 is 10.2 Å². The van der Waals surface area contributed by atoms with Crippen LogP contribution in [0.2, 0.25) is 4.34 Å². The molecule has 9 heteroatoms. The fraction of sp³-hybridized carbons (Fsp3) is 0.643. The van der Waals surface area contributed by atoms with Gasteiger partial charge in [-0.25, -0.2) is 0 Å². The minimum atomic E-state index is -4.15. The number of nitrogens with one attached hydrogen (secondary N) is 1. The number of aliphatic imine (C=N–C) groups is 1. The molecular formula is C14H20ClF3N4S. The standard InChI is InChI=1S/C14H20ClF3N4S/c1-19-13(20-5-4-14(16,17)18)22-8-6-21(7-9-22)10-11-2-3-12(15)23-11/h2-3H,4-10H2,1H3,(H,19,20). The Morgan fingerprint density at radius 1 is 1.30 bits per heavy atom. The van der Waals surface area contributed by atoms with E-state index >= 15 is 0 Å². The maximum atomic E-state index is 12.2. The van der Waals surface area contributed by atoms with Gasteiger partial charge in [-0.05, 0) is 12.1 Å². The molecule has 0 atom stereocenters. The average molecular weight is 369 g/mol. The van der Waals surface area contributed by atoms with E-state index in [1.54, 1.807) is 18.4 Å². The molecule has 1 aliphatic rings. The van der Waals surface area contributed by atoms with Gasteiger partial charge in [-0.1, -0.05) is 11.6 Å². The zero-order chi connectivity index (χ0) is 16.9. The minimum absolute atomic E-state index is 0.149. The highest BCUT2D eigenvalue weighted by Crippen LogP contribution is 2.23. The van der Waals surface area contributed by atoms with Gasteiger partial charge in [0.25, 0.3) is 0 Å². The van der Waals surface area contributed by atoms with Crippen LogP contribution >= 0.6 is 22.9 Å². The van der Waals surface area contributed by atoms with Gasteiger partial charge in [0, 0.05) is 51.2 Å². The number of hydrogen-bond donors (Lipinski definition) is 1. The van der Waals surface area contributed by atoms with Crippen LogP contribution in [0, 0.1) is 0 Å². The topological polar surface area (TPSA) is 30.9 Å². The zero-order valence-corrected chi connectivity index (χ0v) is 14.4. The summed E-state index contributed by atoms with van der Waals surface area (Å²) in [5, 5.41) is 2.79. The SMILES string of the molecule is CN=C(NCCC(F)(F)F)N1CCN(Cc2ccc(Cl)s2)CC1. The minimum Gasteiger partial charge on any atom is -0.356 e. The molecule has 1 fully saturated rings. The summed E-state index contributed by atoms with van der Waals surface area (Å²) in [5.74, 6) is 0.535. The summed E-state index contributed by atoms with van der Waals surface area (Å²) in [4.78, 5) is 9.59. The van der Waals surface area contributed by atoms with Crippen molar-refractivity contribution in [3.63, 3.8) is 0 Å². The average Bonchev–Trinajstić information content (AvgIpc) is 2.89.